The van der Waals surface area contributed by atoms with Gasteiger partial charge in [0, 0.05) is 39.8 Å². The number of carbonyl (C=O) groups is 1. The number of carbonyl (C=O) groups excluding carboxylic acids is 1. The quantitative estimate of drug-likeness (QED) is 0.680. The highest BCUT2D eigenvalue weighted by Gasteiger charge is 2.28. The van der Waals surface area contributed by atoms with Crippen LogP contribution in [0.1, 0.15) is 24.1 Å². The summed E-state index contributed by atoms with van der Waals surface area (Å²) in [6.45, 7) is 2.34. The number of benzene rings is 2. The summed E-state index contributed by atoms with van der Waals surface area (Å²) < 4.78 is 0. The Labute approximate surface area is 155 Å². The number of nitrogens with one attached hydrogen (secondary N) is 2. The van der Waals surface area contributed by atoms with Gasteiger partial charge in [0.1, 0.15) is 6.33 Å². The van der Waals surface area contributed by atoms with Gasteiger partial charge in [0.15, 0.2) is 0 Å². The molecule has 26 heavy (non-hydrogen) atoms. The van der Waals surface area contributed by atoms with Crippen LogP contribution in [-0.4, -0.2) is 22.4 Å². The first-order chi connectivity index (χ1) is 12.7. The molecule has 6 heteroatoms. The average Bonchev–Trinajstić information content (AvgIpc) is 3.07. The van der Waals surface area contributed by atoms with E-state index in [0.717, 1.165) is 27.8 Å². The number of hydrogen-bond acceptors (Lipinski definition) is 4. The lowest BCUT2D eigenvalue weighted by atomic mass is 9.94. The van der Waals surface area contributed by atoms with Crippen molar-refractivity contribution in [1.82, 2.24) is 9.97 Å². The van der Waals surface area contributed by atoms with E-state index >= 15 is 0 Å². The minimum Gasteiger partial charge on any atom is -0.384 e. The van der Waals surface area contributed by atoms with Crippen LogP contribution in [-0.2, 0) is 4.79 Å². The van der Waals surface area contributed by atoms with Crippen LogP contribution in [0.25, 0.3) is 10.9 Å². The summed E-state index contributed by atoms with van der Waals surface area (Å²) in [4.78, 5) is 20.6. The highest BCUT2D eigenvalue weighted by atomic mass is 35.5. The summed E-state index contributed by atoms with van der Waals surface area (Å²) in [5, 5.41) is 7.76. The van der Waals surface area contributed by atoms with Gasteiger partial charge < -0.3 is 10.6 Å². The van der Waals surface area contributed by atoms with Crippen molar-refractivity contribution in [2.75, 3.05) is 17.2 Å². The SMILES string of the molecule is CC#CC(=O)Nc1ccc2ncnc(C3CNc4cccc(Cl)c43)c2c1. The van der Waals surface area contributed by atoms with Gasteiger partial charge in [-0.05, 0) is 43.2 Å². The molecule has 0 saturated carbocycles. The fourth-order valence-electron chi connectivity index (χ4n) is 3.30. The molecule has 2 aromatic carbocycles. The second kappa shape index (κ2) is 6.66. The fraction of sp³-hybridized carbons (Fsp3) is 0.150. The molecule has 0 aliphatic carbocycles. The predicted molar refractivity (Wildman–Crippen MR) is 103 cm³/mol. The molecule has 0 fully saturated rings. The van der Waals surface area contributed by atoms with E-state index in [1.54, 1.807) is 13.3 Å². The smallest absolute Gasteiger partial charge is 0.300 e. The molecule has 2 heterocycles. The van der Waals surface area contributed by atoms with Crippen molar-refractivity contribution in [3.63, 3.8) is 0 Å². The molecule has 0 spiro atoms. The molecule has 1 amide bonds. The first kappa shape index (κ1) is 16.4. The summed E-state index contributed by atoms with van der Waals surface area (Å²) in [7, 11) is 0. The minimum atomic E-state index is -0.346. The monoisotopic (exact) mass is 362 g/mol. The largest absolute Gasteiger partial charge is 0.384 e. The van der Waals surface area contributed by atoms with Crippen molar-refractivity contribution in [2.45, 2.75) is 12.8 Å². The Morgan fingerprint density at radius 2 is 2.19 bits per heavy atom. The Hall–Kier alpha value is -3.10. The standard InChI is InChI=1S/C20H15ClN4O/c1-2-4-18(26)25-12-7-8-16-13(9-12)20(24-11-23-16)14-10-22-17-6-3-5-15(21)19(14)17/h3,5-9,11,14,22H,10H2,1H3,(H,25,26). The topological polar surface area (TPSA) is 66.9 Å². The molecule has 0 saturated heterocycles. The molecule has 1 atom stereocenters. The number of amides is 1. The van der Waals surface area contributed by atoms with Crippen molar-refractivity contribution >= 4 is 39.8 Å². The van der Waals surface area contributed by atoms with Crippen LogP contribution in [0.2, 0.25) is 5.02 Å². The van der Waals surface area contributed by atoms with E-state index in [1.807, 2.05) is 36.4 Å². The molecule has 3 aromatic rings. The zero-order valence-electron chi connectivity index (χ0n) is 14.0. The lowest BCUT2D eigenvalue weighted by Gasteiger charge is -2.14. The molecule has 1 unspecified atom stereocenters. The third kappa shape index (κ3) is 2.85. The highest BCUT2D eigenvalue weighted by Crippen LogP contribution is 2.41. The summed E-state index contributed by atoms with van der Waals surface area (Å²) in [5.41, 5.74) is 4.42. The van der Waals surface area contributed by atoms with E-state index in [2.05, 4.69) is 32.4 Å². The van der Waals surface area contributed by atoms with Crippen LogP contribution < -0.4 is 10.6 Å². The Morgan fingerprint density at radius 1 is 1.31 bits per heavy atom. The Balaban J connectivity index is 1.81. The van der Waals surface area contributed by atoms with Crippen LogP contribution in [0.4, 0.5) is 11.4 Å². The molecule has 2 N–H and O–H groups in total. The van der Waals surface area contributed by atoms with Crippen LogP contribution >= 0.6 is 11.6 Å². The van der Waals surface area contributed by atoms with Gasteiger partial charge in [0.05, 0.1) is 11.2 Å². The molecular weight excluding hydrogens is 348 g/mol. The maximum Gasteiger partial charge on any atom is 0.300 e. The number of halogens is 1. The van der Waals surface area contributed by atoms with Crippen LogP contribution in [0, 0.1) is 11.8 Å². The van der Waals surface area contributed by atoms with Crippen molar-refractivity contribution in [3.05, 3.63) is 59.0 Å². The maximum absolute atomic E-state index is 11.8. The van der Waals surface area contributed by atoms with Gasteiger partial charge in [0.25, 0.3) is 5.91 Å². The highest BCUT2D eigenvalue weighted by molar-refractivity contribution is 6.32. The third-order valence-corrected chi connectivity index (χ3v) is 4.72. The lowest BCUT2D eigenvalue weighted by Crippen LogP contribution is -2.10. The molecule has 128 valence electrons. The minimum absolute atomic E-state index is 0.0191. The average molecular weight is 363 g/mol. The molecule has 0 radical (unpaired) electrons. The molecule has 0 bridgehead atoms. The molecule has 1 aromatic heterocycles. The van der Waals surface area contributed by atoms with Crippen LogP contribution in [0.5, 0.6) is 0 Å². The first-order valence-electron chi connectivity index (χ1n) is 8.18. The van der Waals surface area contributed by atoms with Crippen molar-refractivity contribution in [1.29, 1.82) is 0 Å². The van der Waals surface area contributed by atoms with Gasteiger partial charge in [-0.3, -0.25) is 4.79 Å². The zero-order valence-corrected chi connectivity index (χ0v) is 14.8. The Morgan fingerprint density at radius 3 is 3.04 bits per heavy atom. The molecule has 5 nitrogen and oxygen atoms in total. The predicted octanol–water partition coefficient (Wildman–Crippen LogP) is 3.80. The van der Waals surface area contributed by atoms with Crippen LogP contribution in [0.15, 0.2) is 42.7 Å². The van der Waals surface area contributed by atoms with E-state index in [9.17, 15) is 4.79 Å². The summed E-state index contributed by atoms with van der Waals surface area (Å²) in [6, 6.07) is 11.4. The van der Waals surface area contributed by atoms with E-state index in [0.29, 0.717) is 17.3 Å². The molecule has 1 aliphatic heterocycles. The Kier molecular flexibility index (Phi) is 4.19. The number of fused-ring (bicyclic) bond motifs is 2. The number of anilines is 2. The molecular formula is C20H15ClN4O. The van der Waals surface area contributed by atoms with Gasteiger partial charge in [-0.1, -0.05) is 23.6 Å². The first-order valence-corrected chi connectivity index (χ1v) is 8.56. The summed E-state index contributed by atoms with van der Waals surface area (Å²) in [6.07, 6.45) is 1.56. The third-order valence-electron chi connectivity index (χ3n) is 4.39. The summed E-state index contributed by atoms with van der Waals surface area (Å²) in [5.74, 6) is 4.74. The zero-order chi connectivity index (χ0) is 18.1. The fourth-order valence-corrected chi connectivity index (χ4v) is 3.61. The second-order valence-electron chi connectivity index (χ2n) is 5.95. The lowest BCUT2D eigenvalue weighted by molar-refractivity contribution is -0.111. The van der Waals surface area contributed by atoms with E-state index < -0.39 is 0 Å². The van der Waals surface area contributed by atoms with Crippen molar-refractivity contribution in [2.24, 2.45) is 0 Å². The van der Waals surface area contributed by atoms with Gasteiger partial charge >= 0.3 is 0 Å². The second-order valence-corrected chi connectivity index (χ2v) is 6.36. The van der Waals surface area contributed by atoms with Crippen molar-refractivity contribution < 1.29 is 4.79 Å². The maximum atomic E-state index is 11.8. The number of hydrogen-bond donors (Lipinski definition) is 2. The normalized spacial score (nSPS) is 14.9. The number of rotatable bonds is 2. The van der Waals surface area contributed by atoms with Gasteiger partial charge in [-0.25, -0.2) is 9.97 Å². The number of aromatic nitrogens is 2. The summed E-state index contributed by atoms with van der Waals surface area (Å²) >= 11 is 6.44. The molecule has 4 rings (SSSR count). The van der Waals surface area contributed by atoms with Gasteiger partial charge in [-0.15, -0.1) is 0 Å². The van der Waals surface area contributed by atoms with Gasteiger partial charge in [0.2, 0.25) is 0 Å². The Bertz CT molecular complexity index is 1080. The van der Waals surface area contributed by atoms with Gasteiger partial charge in [-0.2, -0.15) is 0 Å². The van der Waals surface area contributed by atoms with E-state index in [4.69, 9.17) is 11.6 Å². The number of nitrogens with zero attached hydrogens (tertiary/aromatic N) is 2. The molecule has 1 aliphatic rings. The van der Waals surface area contributed by atoms with Crippen molar-refractivity contribution in [3.8, 4) is 11.8 Å². The van der Waals surface area contributed by atoms with E-state index in [1.165, 1.54) is 0 Å². The van der Waals surface area contributed by atoms with Crippen LogP contribution in [0.3, 0.4) is 0 Å². The van der Waals surface area contributed by atoms with E-state index in [-0.39, 0.29) is 11.8 Å².